The van der Waals surface area contributed by atoms with Gasteiger partial charge in [-0.05, 0) is 0 Å². The average Bonchev–Trinajstić information content (AvgIpc) is 2.81. The van der Waals surface area contributed by atoms with Crippen molar-refractivity contribution in [1.29, 1.82) is 0 Å². The van der Waals surface area contributed by atoms with Crippen LogP contribution < -0.4 is 9.80 Å². The normalized spacial score (nSPS) is 22.6. The minimum absolute atomic E-state index is 0.0928. The van der Waals surface area contributed by atoms with Gasteiger partial charge in [0.15, 0.2) is 11.3 Å². The van der Waals surface area contributed by atoms with Gasteiger partial charge in [0.05, 0.1) is 6.54 Å². The Bertz CT molecular complexity index is 588. The second-order valence-electron chi connectivity index (χ2n) is 5.50. The minimum Gasteiger partial charge on any atom is -0.379 e. The maximum Gasteiger partial charge on any atom is 0.433 e. The average molecular weight is 344 g/mol. The van der Waals surface area contributed by atoms with Gasteiger partial charge in [-0.2, -0.15) is 31.3 Å². The highest BCUT2D eigenvalue weighted by atomic mass is 19.4. The molecule has 1 N–H and O–H groups in total. The lowest BCUT2D eigenvalue weighted by molar-refractivity contribution is -0.250. The summed E-state index contributed by atoms with van der Waals surface area (Å²) in [5.41, 5.74) is -4.24. The predicted octanol–water partition coefficient (Wildman–Crippen LogP) is 2.06. The van der Waals surface area contributed by atoms with Crippen LogP contribution in [0.3, 0.4) is 0 Å². The molecule has 0 amide bonds. The molecule has 0 bridgehead atoms. The molecule has 1 aliphatic rings. The molecule has 1 aliphatic heterocycles. The van der Waals surface area contributed by atoms with Crippen LogP contribution in [0.2, 0.25) is 0 Å². The molecular formula is C12H14F6N4O. The summed E-state index contributed by atoms with van der Waals surface area (Å²) in [6.07, 6.45) is -10.3. The zero-order valence-corrected chi connectivity index (χ0v) is 12.2. The first-order chi connectivity index (χ1) is 10.3. The van der Waals surface area contributed by atoms with Crippen LogP contribution in [-0.2, 0) is 6.18 Å². The van der Waals surface area contributed by atoms with Crippen LogP contribution in [0.1, 0.15) is 12.1 Å². The summed E-state index contributed by atoms with van der Waals surface area (Å²) in [6.45, 7) is -1.21. The second kappa shape index (κ2) is 5.39. The van der Waals surface area contributed by atoms with E-state index >= 15 is 0 Å². The zero-order chi connectivity index (χ0) is 17.6. The third-order valence-corrected chi connectivity index (χ3v) is 3.51. The third kappa shape index (κ3) is 3.43. The van der Waals surface area contributed by atoms with E-state index in [1.165, 1.54) is 19.0 Å². The van der Waals surface area contributed by atoms with Crippen molar-refractivity contribution in [3.8, 4) is 0 Å². The van der Waals surface area contributed by atoms with E-state index in [1.54, 1.807) is 0 Å². The first-order valence-electron chi connectivity index (χ1n) is 6.51. The molecule has 0 unspecified atom stereocenters. The van der Waals surface area contributed by atoms with Crippen molar-refractivity contribution in [2.45, 2.75) is 24.4 Å². The third-order valence-electron chi connectivity index (χ3n) is 3.51. The second-order valence-corrected chi connectivity index (χ2v) is 5.50. The van der Waals surface area contributed by atoms with Crippen LogP contribution in [0.4, 0.5) is 38.1 Å². The van der Waals surface area contributed by atoms with Gasteiger partial charge in [0.25, 0.3) is 0 Å². The monoisotopic (exact) mass is 344 g/mol. The van der Waals surface area contributed by atoms with Crippen molar-refractivity contribution < 1.29 is 31.4 Å². The van der Waals surface area contributed by atoms with Gasteiger partial charge in [0.1, 0.15) is 5.82 Å². The van der Waals surface area contributed by atoms with E-state index in [1.807, 2.05) is 0 Å². The fourth-order valence-electron chi connectivity index (χ4n) is 2.13. The van der Waals surface area contributed by atoms with Crippen LogP contribution in [0.15, 0.2) is 6.07 Å². The molecule has 2 rings (SSSR count). The number of anilines is 2. The Balaban J connectivity index is 2.39. The van der Waals surface area contributed by atoms with Gasteiger partial charge in [0, 0.05) is 33.1 Å². The maximum absolute atomic E-state index is 12.9. The van der Waals surface area contributed by atoms with Gasteiger partial charge in [-0.25, -0.2) is 4.98 Å². The minimum atomic E-state index is -4.88. The van der Waals surface area contributed by atoms with Crippen LogP contribution in [-0.4, -0.2) is 54.0 Å². The number of nitrogens with zero attached hydrogens (tertiary/aromatic N) is 4. The number of halogens is 6. The molecule has 0 aliphatic carbocycles. The topological polar surface area (TPSA) is 52.5 Å². The van der Waals surface area contributed by atoms with Crippen molar-refractivity contribution in [3.05, 3.63) is 11.8 Å². The molecule has 0 aromatic carbocycles. The van der Waals surface area contributed by atoms with Crippen LogP contribution in [0, 0.1) is 0 Å². The lowest BCUT2D eigenvalue weighted by atomic mass is 10.0. The lowest BCUT2D eigenvalue weighted by Gasteiger charge is -2.26. The molecule has 0 spiro atoms. The van der Waals surface area contributed by atoms with Crippen LogP contribution >= 0.6 is 0 Å². The molecule has 2 heterocycles. The predicted molar refractivity (Wildman–Crippen MR) is 69.2 cm³/mol. The molecule has 1 fully saturated rings. The Morgan fingerprint density at radius 1 is 1.17 bits per heavy atom. The summed E-state index contributed by atoms with van der Waals surface area (Å²) in [4.78, 5) is 9.32. The standard InChI is InChI=1S/C12H14F6N4O/c1-21(2)8-5-7(11(13,14)15)19-9(20-8)22-4-3-10(23,6-22)12(16,17)18/h5,23H,3-4,6H2,1-2H3/t10-/m1/s1. The molecule has 1 aromatic heterocycles. The number of hydrogen-bond donors (Lipinski definition) is 1. The summed E-state index contributed by atoms with van der Waals surface area (Å²) in [7, 11) is 2.89. The van der Waals surface area contributed by atoms with Gasteiger partial charge < -0.3 is 14.9 Å². The lowest BCUT2D eigenvalue weighted by Crippen LogP contribution is -2.47. The molecule has 1 aromatic rings. The van der Waals surface area contributed by atoms with E-state index in [9.17, 15) is 31.4 Å². The number of hydrogen-bond acceptors (Lipinski definition) is 5. The van der Waals surface area contributed by atoms with E-state index in [2.05, 4.69) is 9.97 Å². The molecule has 0 saturated carbocycles. The van der Waals surface area contributed by atoms with Crippen LogP contribution in [0.5, 0.6) is 0 Å². The summed E-state index contributed by atoms with van der Waals surface area (Å²) in [6, 6.07) is 0.704. The highest BCUT2D eigenvalue weighted by Gasteiger charge is 2.57. The van der Waals surface area contributed by atoms with Gasteiger partial charge in [-0.15, -0.1) is 0 Å². The van der Waals surface area contributed by atoms with Gasteiger partial charge in [0.2, 0.25) is 5.95 Å². The van der Waals surface area contributed by atoms with E-state index in [0.29, 0.717) is 6.07 Å². The number of aromatic nitrogens is 2. The van der Waals surface area contributed by atoms with Crippen molar-refractivity contribution in [3.63, 3.8) is 0 Å². The molecule has 1 saturated heterocycles. The number of alkyl halides is 6. The summed E-state index contributed by atoms with van der Waals surface area (Å²) in [5.74, 6) is -0.589. The highest BCUT2D eigenvalue weighted by Crippen LogP contribution is 2.39. The SMILES string of the molecule is CN(C)c1cc(C(F)(F)F)nc(N2CC[C@](O)(C(F)(F)F)C2)n1. The highest BCUT2D eigenvalue weighted by molar-refractivity contribution is 5.46. The van der Waals surface area contributed by atoms with Crippen molar-refractivity contribution in [2.24, 2.45) is 0 Å². The first kappa shape index (κ1) is 17.6. The smallest absolute Gasteiger partial charge is 0.379 e. The largest absolute Gasteiger partial charge is 0.433 e. The Morgan fingerprint density at radius 3 is 2.22 bits per heavy atom. The molecule has 23 heavy (non-hydrogen) atoms. The van der Waals surface area contributed by atoms with E-state index in [4.69, 9.17) is 0 Å². The molecular weight excluding hydrogens is 330 g/mol. The fraction of sp³-hybridized carbons (Fsp3) is 0.667. The molecule has 5 nitrogen and oxygen atoms in total. The van der Waals surface area contributed by atoms with Gasteiger partial charge in [-0.1, -0.05) is 0 Å². The van der Waals surface area contributed by atoms with Crippen molar-refractivity contribution in [1.82, 2.24) is 9.97 Å². The summed E-state index contributed by atoms with van der Waals surface area (Å²) in [5, 5.41) is 9.61. The van der Waals surface area contributed by atoms with Crippen molar-refractivity contribution >= 4 is 11.8 Å². The number of aliphatic hydroxyl groups is 1. The maximum atomic E-state index is 12.9. The number of rotatable bonds is 2. The number of β-amino-alcohol motifs (C(OH)–C–C–N with tert-alkyl or cyclic N) is 1. The summed E-state index contributed by atoms with van der Waals surface area (Å²) >= 11 is 0. The van der Waals surface area contributed by atoms with E-state index < -0.39 is 42.6 Å². The van der Waals surface area contributed by atoms with E-state index in [-0.39, 0.29) is 12.4 Å². The summed E-state index contributed by atoms with van der Waals surface area (Å²) < 4.78 is 77.1. The quantitative estimate of drug-likeness (QED) is 0.833. The zero-order valence-electron chi connectivity index (χ0n) is 12.2. The molecule has 130 valence electrons. The van der Waals surface area contributed by atoms with E-state index in [0.717, 1.165) is 4.90 Å². The Labute approximate surface area is 127 Å². The molecule has 11 heteroatoms. The Morgan fingerprint density at radius 2 is 1.78 bits per heavy atom. The first-order valence-corrected chi connectivity index (χ1v) is 6.51. The fourth-order valence-corrected chi connectivity index (χ4v) is 2.13. The van der Waals surface area contributed by atoms with Gasteiger partial charge >= 0.3 is 12.4 Å². The molecule has 1 atom stereocenters. The van der Waals surface area contributed by atoms with Crippen molar-refractivity contribution in [2.75, 3.05) is 37.0 Å². The van der Waals surface area contributed by atoms with Crippen LogP contribution in [0.25, 0.3) is 0 Å². The Kier molecular flexibility index (Phi) is 4.12. The molecule has 0 radical (unpaired) electrons. The Hall–Kier alpha value is -1.78. The van der Waals surface area contributed by atoms with Gasteiger partial charge in [-0.3, -0.25) is 0 Å².